The second kappa shape index (κ2) is 9.32. The van der Waals surface area contributed by atoms with Gasteiger partial charge in [0.05, 0.1) is 18.2 Å². The number of unbranched alkanes of at least 4 members (excludes halogenated alkanes) is 4. The van der Waals surface area contributed by atoms with Gasteiger partial charge in [0.15, 0.2) is 0 Å². The maximum absolute atomic E-state index is 8.67. The highest BCUT2D eigenvalue weighted by molar-refractivity contribution is 4.87. The molecule has 3 atom stereocenters. The molecule has 1 rings (SSSR count). The predicted molar refractivity (Wildman–Crippen MR) is 88.3 cm³/mol. The van der Waals surface area contributed by atoms with Crippen LogP contribution in [0, 0.1) is 5.41 Å². The monoisotopic (exact) mass is 295 g/mol. The molecule has 21 heavy (non-hydrogen) atoms. The van der Waals surface area contributed by atoms with Crippen molar-refractivity contribution >= 4 is 0 Å². The van der Waals surface area contributed by atoms with Crippen molar-refractivity contribution in [2.24, 2.45) is 10.5 Å². The summed E-state index contributed by atoms with van der Waals surface area (Å²) in [7, 11) is 0. The molecule has 1 aliphatic rings. The second-order valence-corrected chi connectivity index (χ2v) is 7.44. The lowest BCUT2D eigenvalue weighted by Gasteiger charge is -2.34. The third-order valence-corrected chi connectivity index (χ3v) is 4.49. The smallest absolute Gasteiger partial charge is 0.0663 e. The van der Waals surface area contributed by atoms with Gasteiger partial charge in [0.25, 0.3) is 0 Å². The molecule has 1 saturated carbocycles. The standard InChI is InChI=1S/C17H33N3O/c1-5-6-7-8-9-13-16(17(2,3)4)21-15-12-10-11-14(15)19-20-18/h14-16H,5-13H2,1-4H3/t14-,15-,16?/m0/s1. The first-order chi connectivity index (χ1) is 9.99. The lowest BCUT2D eigenvalue weighted by Crippen LogP contribution is -2.35. The fourth-order valence-electron chi connectivity index (χ4n) is 3.11. The highest BCUT2D eigenvalue weighted by Crippen LogP contribution is 2.33. The highest BCUT2D eigenvalue weighted by Gasteiger charge is 2.33. The van der Waals surface area contributed by atoms with Gasteiger partial charge in [-0.2, -0.15) is 0 Å². The third kappa shape index (κ3) is 6.71. The zero-order valence-corrected chi connectivity index (χ0v) is 14.3. The first-order valence-corrected chi connectivity index (χ1v) is 8.68. The topological polar surface area (TPSA) is 58.0 Å². The molecule has 0 aromatic carbocycles. The number of ether oxygens (including phenoxy) is 1. The summed E-state index contributed by atoms with van der Waals surface area (Å²) in [5, 5.41) is 3.92. The van der Waals surface area contributed by atoms with Crippen LogP contribution in [0.5, 0.6) is 0 Å². The Labute approximate surface area is 130 Å². The number of hydrogen-bond acceptors (Lipinski definition) is 2. The first kappa shape index (κ1) is 18.3. The van der Waals surface area contributed by atoms with Crippen molar-refractivity contribution in [1.29, 1.82) is 0 Å². The summed E-state index contributed by atoms with van der Waals surface area (Å²) in [6.07, 6.45) is 11.1. The van der Waals surface area contributed by atoms with Crippen molar-refractivity contribution in [2.75, 3.05) is 0 Å². The minimum Gasteiger partial charge on any atom is -0.374 e. The molecule has 4 heteroatoms. The van der Waals surface area contributed by atoms with Crippen molar-refractivity contribution in [2.45, 2.75) is 104 Å². The second-order valence-electron chi connectivity index (χ2n) is 7.44. The van der Waals surface area contributed by atoms with Crippen LogP contribution in [0.4, 0.5) is 0 Å². The number of nitrogens with zero attached hydrogens (tertiary/aromatic N) is 3. The van der Waals surface area contributed by atoms with Crippen LogP contribution in [0.3, 0.4) is 0 Å². The Balaban J connectivity index is 2.48. The Kier molecular flexibility index (Phi) is 8.13. The van der Waals surface area contributed by atoms with Crippen molar-refractivity contribution in [3.05, 3.63) is 10.4 Å². The van der Waals surface area contributed by atoms with Gasteiger partial charge in [-0.3, -0.25) is 0 Å². The van der Waals surface area contributed by atoms with E-state index >= 15 is 0 Å². The van der Waals surface area contributed by atoms with Gasteiger partial charge in [0.1, 0.15) is 0 Å². The summed E-state index contributed by atoms with van der Waals surface area (Å²) < 4.78 is 6.38. The largest absolute Gasteiger partial charge is 0.374 e. The molecule has 1 fully saturated rings. The first-order valence-electron chi connectivity index (χ1n) is 8.68. The number of hydrogen-bond donors (Lipinski definition) is 0. The Morgan fingerprint density at radius 1 is 1.19 bits per heavy atom. The van der Waals surface area contributed by atoms with E-state index in [2.05, 4.69) is 37.7 Å². The molecule has 0 spiro atoms. The average Bonchev–Trinajstić information content (AvgIpc) is 2.84. The lowest BCUT2D eigenvalue weighted by atomic mass is 9.85. The summed E-state index contributed by atoms with van der Waals surface area (Å²) in [4.78, 5) is 2.98. The normalized spacial score (nSPS) is 23.8. The molecule has 0 aromatic rings. The Hall–Kier alpha value is -0.730. The number of rotatable bonds is 9. The third-order valence-electron chi connectivity index (χ3n) is 4.49. The summed E-state index contributed by atoms with van der Waals surface area (Å²) in [6.45, 7) is 9.00. The maximum atomic E-state index is 8.67. The zero-order valence-electron chi connectivity index (χ0n) is 14.3. The zero-order chi connectivity index (χ0) is 15.7. The van der Waals surface area contributed by atoms with Crippen LogP contribution in [0.25, 0.3) is 10.4 Å². The van der Waals surface area contributed by atoms with Gasteiger partial charge in [-0.05, 0) is 30.2 Å². The summed E-state index contributed by atoms with van der Waals surface area (Å²) >= 11 is 0. The molecule has 0 saturated heterocycles. The van der Waals surface area contributed by atoms with E-state index in [0.717, 1.165) is 25.7 Å². The van der Waals surface area contributed by atoms with Gasteiger partial charge in [-0.1, -0.05) is 71.3 Å². The molecular formula is C17H33N3O. The van der Waals surface area contributed by atoms with Crippen LogP contribution >= 0.6 is 0 Å². The summed E-state index contributed by atoms with van der Waals surface area (Å²) in [5.74, 6) is 0. The van der Waals surface area contributed by atoms with Crippen molar-refractivity contribution < 1.29 is 4.74 Å². The van der Waals surface area contributed by atoms with Crippen LogP contribution in [0.15, 0.2) is 5.11 Å². The van der Waals surface area contributed by atoms with Crippen LogP contribution < -0.4 is 0 Å². The predicted octanol–water partition coefficient (Wildman–Crippen LogP) is 6.01. The number of azide groups is 1. The molecule has 0 heterocycles. The van der Waals surface area contributed by atoms with E-state index in [4.69, 9.17) is 10.3 Å². The highest BCUT2D eigenvalue weighted by atomic mass is 16.5. The molecular weight excluding hydrogens is 262 g/mol. The van der Waals surface area contributed by atoms with E-state index < -0.39 is 0 Å². The molecule has 1 aliphatic carbocycles. The fraction of sp³-hybridized carbons (Fsp3) is 1.00. The van der Waals surface area contributed by atoms with Gasteiger partial charge in [-0.15, -0.1) is 0 Å². The van der Waals surface area contributed by atoms with Crippen LogP contribution in [0.1, 0.15) is 85.5 Å². The van der Waals surface area contributed by atoms with Crippen molar-refractivity contribution in [1.82, 2.24) is 0 Å². The van der Waals surface area contributed by atoms with Crippen LogP contribution in [-0.2, 0) is 4.74 Å². The Morgan fingerprint density at radius 3 is 2.52 bits per heavy atom. The molecule has 0 bridgehead atoms. The van der Waals surface area contributed by atoms with E-state index in [1.165, 1.54) is 32.1 Å². The molecule has 122 valence electrons. The quantitative estimate of drug-likeness (QED) is 0.222. The van der Waals surface area contributed by atoms with Gasteiger partial charge < -0.3 is 4.74 Å². The van der Waals surface area contributed by atoms with Crippen LogP contribution in [-0.4, -0.2) is 18.2 Å². The van der Waals surface area contributed by atoms with E-state index in [1.54, 1.807) is 0 Å². The van der Waals surface area contributed by atoms with Gasteiger partial charge >= 0.3 is 0 Å². The van der Waals surface area contributed by atoms with E-state index in [1.807, 2.05) is 0 Å². The Morgan fingerprint density at radius 2 is 1.90 bits per heavy atom. The van der Waals surface area contributed by atoms with Crippen LogP contribution in [0.2, 0.25) is 0 Å². The van der Waals surface area contributed by atoms with Gasteiger partial charge in [0.2, 0.25) is 0 Å². The molecule has 0 aromatic heterocycles. The molecule has 4 nitrogen and oxygen atoms in total. The minimum absolute atomic E-state index is 0.0416. The van der Waals surface area contributed by atoms with Crippen molar-refractivity contribution in [3.8, 4) is 0 Å². The summed E-state index contributed by atoms with van der Waals surface area (Å²) in [6, 6.07) is 0.0416. The molecule has 1 unspecified atom stereocenters. The molecule has 0 aliphatic heterocycles. The van der Waals surface area contributed by atoms with E-state index in [9.17, 15) is 0 Å². The molecule has 0 N–H and O–H groups in total. The fourth-order valence-corrected chi connectivity index (χ4v) is 3.11. The lowest BCUT2D eigenvalue weighted by molar-refractivity contribution is -0.0731. The Bertz CT molecular complexity index is 331. The van der Waals surface area contributed by atoms with Gasteiger partial charge in [-0.25, -0.2) is 0 Å². The molecule has 0 radical (unpaired) electrons. The van der Waals surface area contributed by atoms with E-state index in [0.29, 0.717) is 0 Å². The van der Waals surface area contributed by atoms with Crippen molar-refractivity contribution in [3.63, 3.8) is 0 Å². The van der Waals surface area contributed by atoms with Gasteiger partial charge in [0, 0.05) is 4.91 Å². The minimum atomic E-state index is 0.0416. The SMILES string of the molecule is CCCCCCCC(O[C@H]1CCC[C@@H]1N=[N+]=[N-])C(C)(C)C. The maximum Gasteiger partial charge on any atom is 0.0663 e. The average molecular weight is 295 g/mol. The molecule has 0 amide bonds. The van der Waals surface area contributed by atoms with E-state index in [-0.39, 0.29) is 23.7 Å². The summed E-state index contributed by atoms with van der Waals surface area (Å²) in [5.41, 5.74) is 8.81.